The maximum Gasteiger partial charge on any atom is 0.246 e. The number of benzene rings is 6. The number of fused-ring (bicyclic) bond motifs is 3. The van der Waals surface area contributed by atoms with Gasteiger partial charge in [0.1, 0.15) is 87.9 Å². The molecule has 0 radical (unpaired) electrons. The van der Waals surface area contributed by atoms with Gasteiger partial charge in [0.15, 0.2) is 0 Å². The van der Waals surface area contributed by atoms with Gasteiger partial charge in [0, 0.05) is 136 Å². The predicted molar refractivity (Wildman–Crippen MR) is 476 cm³/mol. The van der Waals surface area contributed by atoms with E-state index < -0.39 is 0 Å². The number of anilines is 3. The van der Waals surface area contributed by atoms with Crippen molar-refractivity contribution in [3.63, 3.8) is 0 Å². The molecule has 5 aliphatic rings. The van der Waals surface area contributed by atoms with E-state index in [1.165, 1.54) is 19.0 Å². The van der Waals surface area contributed by atoms with Crippen molar-refractivity contribution in [2.24, 2.45) is 0 Å². The summed E-state index contributed by atoms with van der Waals surface area (Å²) in [5.74, 6) is 6.12. The molecule has 121 heavy (non-hydrogen) atoms. The number of nitrogens with zero attached hydrogens (tertiary/aromatic N) is 15. The highest BCUT2D eigenvalue weighted by Crippen LogP contribution is 2.45. The van der Waals surface area contributed by atoms with E-state index in [1.807, 2.05) is 197 Å². The summed E-state index contributed by atoms with van der Waals surface area (Å²) in [6.07, 6.45) is 21.3. The molecule has 626 valence electrons. The third-order valence-corrected chi connectivity index (χ3v) is 23.7. The SMILES string of the molecule is CCCN(C)C/C=C/C(=O)N1CC[C@@H](n2c(C)c(-c3ccc(Oc4ccccc4)cc3)c3c(N)ncnc32)C1.Cc1c(-c2ccc(Oc3ccccc3)cc2)c2c(N)ncnc2n1[C@@H]1CCN(C(=O)/C=C/CN(C)[C@@H]2CCOC2)C1.Cc1c(-c2ccc(Oc3ccccc3)cc2)c2c(N)ncnc2n1[C@@H]1CCN(C(=O)/C=C/CN(C)[C@H]2CCOC2)C1. The van der Waals surface area contributed by atoms with Crippen LogP contribution in [0, 0.1) is 20.8 Å². The number of likely N-dealkylation sites (tertiary alicyclic amines) is 3. The van der Waals surface area contributed by atoms with E-state index in [-0.39, 0.29) is 35.8 Å². The van der Waals surface area contributed by atoms with E-state index in [2.05, 4.69) is 107 Å². The Bertz CT molecular complexity index is 5420. The number of likely N-dealkylation sites (N-methyl/N-ethyl adjacent to an activating group) is 3. The Hall–Kier alpha value is -12.6. The number of carbonyl (C=O) groups excluding carboxylic acids is 3. The van der Waals surface area contributed by atoms with Gasteiger partial charge in [-0.3, -0.25) is 24.2 Å². The van der Waals surface area contributed by atoms with Crippen LogP contribution in [-0.2, 0) is 23.9 Å². The number of nitrogens with two attached hydrogens (primary N) is 3. The van der Waals surface area contributed by atoms with Crippen molar-refractivity contribution in [1.29, 1.82) is 0 Å². The smallest absolute Gasteiger partial charge is 0.246 e. The summed E-state index contributed by atoms with van der Waals surface area (Å²) in [5, 5.41) is 2.52. The van der Waals surface area contributed by atoms with Crippen molar-refractivity contribution in [2.45, 2.75) is 96.4 Å². The molecule has 0 unspecified atom stereocenters. The van der Waals surface area contributed by atoms with Crippen LogP contribution in [0.3, 0.4) is 0 Å². The van der Waals surface area contributed by atoms with E-state index in [0.29, 0.717) is 68.8 Å². The summed E-state index contributed by atoms with van der Waals surface area (Å²) in [5.41, 5.74) is 30.9. The van der Waals surface area contributed by atoms with Crippen molar-refractivity contribution >= 4 is 68.3 Å². The normalized spacial score (nSPS) is 18.0. The van der Waals surface area contributed by atoms with Gasteiger partial charge in [0.2, 0.25) is 17.7 Å². The largest absolute Gasteiger partial charge is 0.457 e. The number of amides is 3. The minimum Gasteiger partial charge on any atom is -0.457 e. The van der Waals surface area contributed by atoms with Gasteiger partial charge in [0.05, 0.1) is 47.5 Å². The third-order valence-electron chi connectivity index (χ3n) is 23.7. The summed E-state index contributed by atoms with van der Waals surface area (Å²) in [7, 11) is 6.23. The first-order chi connectivity index (χ1) is 58.9. The van der Waals surface area contributed by atoms with E-state index in [0.717, 1.165) is 209 Å². The second-order valence-corrected chi connectivity index (χ2v) is 31.7. The van der Waals surface area contributed by atoms with Crippen LogP contribution in [0.5, 0.6) is 34.5 Å². The van der Waals surface area contributed by atoms with E-state index >= 15 is 0 Å². The number of carbonyl (C=O) groups is 3. The minimum atomic E-state index is 0.0426. The Morgan fingerprint density at radius 1 is 0.413 bits per heavy atom. The molecule has 0 aliphatic carbocycles. The number of aromatic nitrogens is 9. The molecule has 3 amide bonds. The molecule has 5 aliphatic heterocycles. The molecule has 5 atom stereocenters. The monoisotopic (exact) mass is 1630 g/mol. The molecule has 0 saturated carbocycles. The van der Waals surface area contributed by atoms with Crippen LogP contribution in [0.2, 0.25) is 0 Å². The summed E-state index contributed by atoms with van der Waals surface area (Å²) in [6.45, 7) is 18.8. The highest BCUT2D eigenvalue weighted by Gasteiger charge is 2.35. The van der Waals surface area contributed by atoms with Gasteiger partial charge in [-0.15, -0.1) is 0 Å². The number of para-hydroxylation sites is 3. The zero-order chi connectivity index (χ0) is 84.0. The molecule has 5 saturated heterocycles. The summed E-state index contributed by atoms with van der Waals surface area (Å²) >= 11 is 0. The fourth-order valence-electron chi connectivity index (χ4n) is 17.4. The summed E-state index contributed by atoms with van der Waals surface area (Å²) in [4.78, 5) is 78.3. The van der Waals surface area contributed by atoms with Crippen LogP contribution >= 0.6 is 0 Å². The van der Waals surface area contributed by atoms with Gasteiger partial charge < -0.3 is 74.2 Å². The second kappa shape index (κ2) is 38.6. The molecule has 12 aromatic rings. The maximum absolute atomic E-state index is 13.0. The van der Waals surface area contributed by atoms with Crippen LogP contribution in [0.4, 0.5) is 17.5 Å². The lowest BCUT2D eigenvalue weighted by atomic mass is 10.0. The molecule has 17 rings (SSSR count). The van der Waals surface area contributed by atoms with Gasteiger partial charge in [-0.25, -0.2) is 29.9 Å². The predicted octanol–water partition coefficient (Wildman–Crippen LogP) is 15.1. The number of rotatable bonds is 25. The van der Waals surface area contributed by atoms with Crippen LogP contribution in [0.15, 0.2) is 219 Å². The molecule has 6 aromatic heterocycles. The fraction of sp³-hybridized carbons (Fsp3) is 0.337. The zero-order valence-electron chi connectivity index (χ0n) is 70.0. The van der Waals surface area contributed by atoms with Crippen molar-refractivity contribution in [3.05, 3.63) is 236 Å². The fourth-order valence-corrected chi connectivity index (χ4v) is 17.4. The lowest BCUT2D eigenvalue weighted by Crippen LogP contribution is -2.32. The Morgan fingerprint density at radius 3 is 1.00 bits per heavy atom. The van der Waals surface area contributed by atoms with Gasteiger partial charge in [-0.05, 0) is 176 Å². The summed E-state index contributed by atoms with van der Waals surface area (Å²) in [6, 6.07) is 54.3. The number of ether oxygens (including phenoxy) is 5. The number of nitrogen functional groups attached to an aromatic ring is 3. The average Bonchev–Trinajstić information content (AvgIpc) is 1.60. The van der Waals surface area contributed by atoms with Crippen LogP contribution in [0.25, 0.3) is 66.5 Å². The van der Waals surface area contributed by atoms with E-state index in [9.17, 15) is 14.4 Å². The molecule has 26 nitrogen and oxygen atoms in total. The quantitative estimate of drug-likeness (QED) is 0.0448. The number of hydrogen-bond acceptors (Lipinski definition) is 20. The van der Waals surface area contributed by atoms with Crippen molar-refractivity contribution < 1.29 is 38.1 Å². The molecule has 6 N–H and O–H groups in total. The first-order valence-corrected chi connectivity index (χ1v) is 41.9. The second-order valence-electron chi connectivity index (χ2n) is 31.7. The highest BCUT2D eigenvalue weighted by atomic mass is 16.5. The lowest BCUT2D eigenvalue weighted by molar-refractivity contribution is -0.125. The van der Waals surface area contributed by atoms with Crippen LogP contribution in [0.1, 0.15) is 80.7 Å². The van der Waals surface area contributed by atoms with Gasteiger partial charge in [-0.2, -0.15) is 0 Å². The molecule has 5 fully saturated rings. The molecule has 0 spiro atoms. The molecule has 26 heteroatoms. The van der Waals surface area contributed by atoms with Gasteiger partial charge in [0.25, 0.3) is 0 Å². The Kier molecular flexibility index (Phi) is 26.7. The van der Waals surface area contributed by atoms with Gasteiger partial charge >= 0.3 is 0 Å². The molecule has 6 aromatic carbocycles. The molecule has 11 heterocycles. The number of hydrogen-bond donors (Lipinski definition) is 3. The standard InChI is InChI=1S/2C32H36N6O3.C31H36N6O2/c2*1-22-29(23-10-12-27(13-11-23)41-26-7-4-3-5-8-26)30-31(33)34-21-35-32(30)38(22)24-14-17-37(19-24)28(39)9-6-16-36(2)25-15-18-40-20-25;1-4-17-35(3)18-8-11-27(38)36-19-16-24(20-36)37-22(2)28(29-30(32)33-21-34-31(29)37)23-12-14-26(15-13-23)39-25-9-6-5-7-10-25/h2*3-13,21,24-25H,14-20H2,1-2H3,(H2,33,34,35);5-15,21,24H,4,16-20H2,1-3H3,(H2,32,33,34)/b2*9-6+;11-8+/t24-,25+;24-,25-;24-/m111/s1. The topological polar surface area (TPSA) is 287 Å². The highest BCUT2D eigenvalue weighted by molar-refractivity contribution is 6.05. The van der Waals surface area contributed by atoms with Crippen molar-refractivity contribution in [1.82, 2.24) is 73.0 Å². The molecular formula is C95H108N18O8. The van der Waals surface area contributed by atoms with Crippen molar-refractivity contribution in [3.8, 4) is 67.9 Å². The lowest BCUT2D eigenvalue weighted by Gasteiger charge is -2.21. The van der Waals surface area contributed by atoms with E-state index in [4.69, 9.17) is 40.9 Å². The van der Waals surface area contributed by atoms with E-state index in [1.54, 1.807) is 18.2 Å². The average molecular weight is 1630 g/mol. The molecule has 0 bridgehead atoms. The van der Waals surface area contributed by atoms with Crippen LogP contribution in [-0.4, -0.2) is 216 Å². The van der Waals surface area contributed by atoms with Gasteiger partial charge in [-0.1, -0.05) is 116 Å². The first-order valence-electron chi connectivity index (χ1n) is 41.9. The third kappa shape index (κ3) is 19.2. The van der Waals surface area contributed by atoms with Crippen LogP contribution < -0.4 is 31.4 Å². The minimum absolute atomic E-state index is 0.0426. The Morgan fingerprint density at radius 2 is 0.711 bits per heavy atom. The maximum atomic E-state index is 13.0. The first kappa shape index (κ1) is 83.5. The Labute approximate surface area is 706 Å². The molecular weight excluding hydrogens is 1520 g/mol. The Balaban J connectivity index is 0.000000141. The van der Waals surface area contributed by atoms with Crippen molar-refractivity contribution in [2.75, 3.05) is 130 Å². The summed E-state index contributed by atoms with van der Waals surface area (Å²) < 4.78 is 35.6. The zero-order valence-corrected chi connectivity index (χ0v) is 70.0.